The van der Waals surface area contributed by atoms with Crippen LogP contribution in [-0.4, -0.2) is 37.2 Å². The standard InChI is InChI=1S/C10H14N2O4S/c1-6(13)17-3-2-8(14)9(15)7-4-11-10(16)12-5-7/h4-5,8-9,14-15H,2-3H2,1H3,(H,11,12,16). The zero-order valence-electron chi connectivity index (χ0n) is 9.29. The molecule has 1 heterocycles. The van der Waals surface area contributed by atoms with Crippen LogP contribution in [0.1, 0.15) is 25.0 Å². The van der Waals surface area contributed by atoms with Crippen LogP contribution >= 0.6 is 11.8 Å². The van der Waals surface area contributed by atoms with Gasteiger partial charge in [0.1, 0.15) is 6.10 Å². The van der Waals surface area contributed by atoms with E-state index in [1.165, 1.54) is 19.3 Å². The lowest BCUT2D eigenvalue weighted by Crippen LogP contribution is -2.21. The van der Waals surface area contributed by atoms with E-state index in [-0.39, 0.29) is 11.5 Å². The molecule has 0 saturated carbocycles. The van der Waals surface area contributed by atoms with Crippen molar-refractivity contribution in [1.82, 2.24) is 9.97 Å². The number of hydrogen-bond acceptors (Lipinski definition) is 6. The topological polar surface area (TPSA) is 103 Å². The fourth-order valence-electron chi connectivity index (χ4n) is 1.22. The molecule has 3 N–H and O–H groups in total. The number of aliphatic hydroxyl groups is 2. The Morgan fingerprint density at radius 2 is 2.29 bits per heavy atom. The number of carbonyl (C=O) groups excluding carboxylic acids is 1. The van der Waals surface area contributed by atoms with Gasteiger partial charge in [-0.05, 0) is 6.42 Å². The monoisotopic (exact) mass is 258 g/mol. The summed E-state index contributed by atoms with van der Waals surface area (Å²) < 4.78 is 0. The van der Waals surface area contributed by atoms with E-state index in [4.69, 9.17) is 0 Å². The van der Waals surface area contributed by atoms with Gasteiger partial charge in [-0.2, -0.15) is 0 Å². The number of aliphatic hydroxyl groups excluding tert-OH is 2. The molecule has 1 rings (SSSR count). The van der Waals surface area contributed by atoms with Crippen molar-refractivity contribution < 1.29 is 15.0 Å². The van der Waals surface area contributed by atoms with E-state index in [0.717, 1.165) is 11.8 Å². The lowest BCUT2D eigenvalue weighted by molar-refractivity contribution is -0.109. The van der Waals surface area contributed by atoms with Crippen LogP contribution in [0.4, 0.5) is 0 Å². The Hall–Kier alpha value is -1.18. The van der Waals surface area contributed by atoms with E-state index in [1.807, 2.05) is 0 Å². The second-order valence-corrected chi connectivity index (χ2v) is 4.76. The normalized spacial score (nSPS) is 14.3. The summed E-state index contributed by atoms with van der Waals surface area (Å²) in [6.07, 6.45) is 0.693. The van der Waals surface area contributed by atoms with Crippen molar-refractivity contribution in [1.29, 1.82) is 0 Å². The van der Waals surface area contributed by atoms with Crippen molar-refractivity contribution in [3.8, 4) is 0 Å². The van der Waals surface area contributed by atoms with Crippen molar-refractivity contribution in [2.75, 3.05) is 5.75 Å². The minimum atomic E-state index is -1.12. The third-order valence-electron chi connectivity index (χ3n) is 2.12. The van der Waals surface area contributed by atoms with Crippen molar-refractivity contribution in [2.24, 2.45) is 0 Å². The average Bonchev–Trinajstić information content (AvgIpc) is 2.28. The molecule has 0 bridgehead atoms. The fraction of sp³-hybridized carbons (Fsp3) is 0.500. The molecule has 2 unspecified atom stereocenters. The Morgan fingerprint density at radius 1 is 1.59 bits per heavy atom. The van der Waals surface area contributed by atoms with E-state index in [0.29, 0.717) is 11.3 Å². The van der Waals surface area contributed by atoms with Crippen LogP contribution in [0.15, 0.2) is 17.2 Å². The third kappa shape index (κ3) is 4.68. The second-order valence-electron chi connectivity index (χ2n) is 3.49. The molecule has 1 aromatic rings. The Labute approximate surface area is 102 Å². The molecule has 7 heteroatoms. The maximum atomic E-state index is 10.7. The molecule has 0 aromatic carbocycles. The van der Waals surface area contributed by atoms with Gasteiger partial charge in [-0.15, -0.1) is 0 Å². The zero-order chi connectivity index (χ0) is 12.8. The number of aromatic nitrogens is 2. The molecule has 0 aliphatic carbocycles. The Morgan fingerprint density at radius 3 is 2.82 bits per heavy atom. The minimum Gasteiger partial charge on any atom is -0.390 e. The van der Waals surface area contributed by atoms with Crippen LogP contribution < -0.4 is 5.69 Å². The van der Waals surface area contributed by atoms with Gasteiger partial charge in [0.05, 0.1) is 6.10 Å². The van der Waals surface area contributed by atoms with Gasteiger partial charge in [-0.25, -0.2) is 9.78 Å². The van der Waals surface area contributed by atoms with Gasteiger partial charge in [0.2, 0.25) is 0 Å². The molecule has 1 aromatic heterocycles. The SMILES string of the molecule is CC(=O)SCCC(O)C(O)c1cnc(=O)[nH]c1. The summed E-state index contributed by atoms with van der Waals surface area (Å²) in [5.74, 6) is 0.435. The maximum absolute atomic E-state index is 10.7. The van der Waals surface area contributed by atoms with Crippen LogP contribution in [0.25, 0.3) is 0 Å². The van der Waals surface area contributed by atoms with Crippen molar-refractivity contribution in [3.05, 3.63) is 28.4 Å². The minimum absolute atomic E-state index is 0.0302. The Bertz CT molecular complexity index is 414. The molecule has 0 amide bonds. The molecule has 0 aliphatic heterocycles. The smallest absolute Gasteiger partial charge is 0.344 e. The molecule has 0 fully saturated rings. The quantitative estimate of drug-likeness (QED) is 0.677. The van der Waals surface area contributed by atoms with Gasteiger partial charge in [0, 0.05) is 30.6 Å². The largest absolute Gasteiger partial charge is 0.390 e. The summed E-state index contributed by atoms with van der Waals surface area (Å²) in [7, 11) is 0. The van der Waals surface area contributed by atoms with Crippen LogP contribution in [0.3, 0.4) is 0 Å². The van der Waals surface area contributed by atoms with E-state index in [1.54, 1.807) is 0 Å². The molecular formula is C10H14N2O4S. The highest BCUT2D eigenvalue weighted by Crippen LogP contribution is 2.18. The number of aromatic amines is 1. The van der Waals surface area contributed by atoms with Crippen LogP contribution in [0.2, 0.25) is 0 Å². The summed E-state index contributed by atoms with van der Waals surface area (Å²) in [5.41, 5.74) is -0.174. The molecule has 2 atom stereocenters. The van der Waals surface area contributed by atoms with Crippen LogP contribution in [0.5, 0.6) is 0 Å². The predicted octanol–water partition coefficient (Wildman–Crippen LogP) is -0.166. The lowest BCUT2D eigenvalue weighted by atomic mass is 10.1. The van der Waals surface area contributed by atoms with E-state index < -0.39 is 17.9 Å². The van der Waals surface area contributed by atoms with Gasteiger partial charge in [-0.3, -0.25) is 4.79 Å². The van der Waals surface area contributed by atoms with Crippen LogP contribution in [0, 0.1) is 0 Å². The highest BCUT2D eigenvalue weighted by Gasteiger charge is 2.18. The molecule has 0 radical (unpaired) electrons. The summed E-state index contributed by atoms with van der Waals surface area (Å²) in [6, 6.07) is 0. The predicted molar refractivity (Wildman–Crippen MR) is 63.6 cm³/mol. The van der Waals surface area contributed by atoms with Crippen molar-refractivity contribution in [3.63, 3.8) is 0 Å². The third-order valence-corrected chi connectivity index (χ3v) is 2.96. The van der Waals surface area contributed by atoms with Crippen LogP contribution in [-0.2, 0) is 4.79 Å². The first-order chi connectivity index (χ1) is 8.00. The number of carbonyl (C=O) groups is 1. The number of nitrogens with one attached hydrogen (secondary N) is 1. The van der Waals surface area contributed by atoms with E-state index in [2.05, 4.69) is 9.97 Å². The molecule has 0 aliphatic rings. The zero-order valence-corrected chi connectivity index (χ0v) is 10.1. The molecule has 17 heavy (non-hydrogen) atoms. The number of H-pyrrole nitrogens is 1. The number of hydrogen-bond donors (Lipinski definition) is 3. The molecule has 0 saturated heterocycles. The molecule has 0 spiro atoms. The average molecular weight is 258 g/mol. The van der Waals surface area contributed by atoms with Gasteiger partial charge >= 0.3 is 5.69 Å². The van der Waals surface area contributed by atoms with Gasteiger partial charge in [-0.1, -0.05) is 11.8 Å². The number of nitrogens with zero attached hydrogens (tertiary/aromatic N) is 1. The lowest BCUT2D eigenvalue weighted by Gasteiger charge is -2.16. The first kappa shape index (κ1) is 13.9. The highest BCUT2D eigenvalue weighted by molar-refractivity contribution is 8.13. The Balaban J connectivity index is 2.51. The molecule has 94 valence electrons. The van der Waals surface area contributed by atoms with Crippen molar-refractivity contribution >= 4 is 16.9 Å². The Kier molecular flexibility index (Phi) is 5.33. The van der Waals surface area contributed by atoms with Gasteiger partial charge in [0.15, 0.2) is 5.12 Å². The summed E-state index contributed by atoms with van der Waals surface area (Å²) in [4.78, 5) is 27.1. The van der Waals surface area contributed by atoms with E-state index in [9.17, 15) is 19.8 Å². The molecule has 6 nitrogen and oxygen atoms in total. The summed E-state index contributed by atoms with van der Waals surface area (Å²) >= 11 is 1.09. The van der Waals surface area contributed by atoms with E-state index >= 15 is 0 Å². The molecular weight excluding hydrogens is 244 g/mol. The summed E-state index contributed by atoms with van der Waals surface area (Å²) in [6.45, 7) is 1.44. The first-order valence-corrected chi connectivity index (χ1v) is 6.03. The number of rotatable bonds is 5. The van der Waals surface area contributed by atoms with Crippen molar-refractivity contribution in [2.45, 2.75) is 25.6 Å². The second kappa shape index (κ2) is 6.53. The maximum Gasteiger partial charge on any atom is 0.344 e. The summed E-state index contributed by atoms with van der Waals surface area (Å²) in [5, 5.41) is 19.4. The number of thioether (sulfide) groups is 1. The van der Waals surface area contributed by atoms with Gasteiger partial charge in [0.25, 0.3) is 0 Å². The van der Waals surface area contributed by atoms with Gasteiger partial charge < -0.3 is 15.2 Å². The highest BCUT2D eigenvalue weighted by atomic mass is 32.2. The fourth-order valence-corrected chi connectivity index (χ4v) is 1.86. The first-order valence-electron chi connectivity index (χ1n) is 5.05.